The van der Waals surface area contributed by atoms with Crippen LogP contribution in [0.3, 0.4) is 0 Å². The number of benzene rings is 1. The normalized spacial score (nSPS) is 9.93. The third-order valence-electron chi connectivity index (χ3n) is 2.28. The van der Waals surface area contributed by atoms with E-state index in [-0.39, 0.29) is 0 Å². The van der Waals surface area contributed by atoms with Crippen LogP contribution < -0.4 is 0 Å². The molecule has 4 heteroatoms. The van der Waals surface area contributed by atoms with E-state index in [4.69, 9.17) is 16.9 Å². The van der Waals surface area contributed by atoms with Crippen LogP contribution in [0.1, 0.15) is 11.1 Å². The summed E-state index contributed by atoms with van der Waals surface area (Å²) in [6, 6.07) is 7.48. The van der Waals surface area contributed by atoms with E-state index in [1.54, 1.807) is 12.3 Å². The molecule has 1 aromatic heterocycles. The Morgan fingerprint density at radius 3 is 2.80 bits per heavy atom. The number of nitrogens with zero attached hydrogens (tertiary/aromatic N) is 2. The second-order valence-electron chi connectivity index (χ2n) is 3.17. The van der Waals surface area contributed by atoms with E-state index in [9.17, 15) is 0 Å². The fourth-order valence-corrected chi connectivity index (χ4v) is 1.67. The fraction of sp³-hybridized carbons (Fsp3) is 0.0909. The number of aromatic amines is 1. The first-order chi connectivity index (χ1) is 7.24. The average Bonchev–Trinajstić information content (AvgIpc) is 2.75. The lowest BCUT2D eigenvalue weighted by molar-refractivity contribution is 1.09. The second-order valence-corrected chi connectivity index (χ2v) is 3.55. The Hall–Kier alpha value is -1.79. The van der Waals surface area contributed by atoms with Gasteiger partial charge in [0.25, 0.3) is 0 Å². The van der Waals surface area contributed by atoms with Crippen LogP contribution in [-0.2, 0) is 0 Å². The summed E-state index contributed by atoms with van der Waals surface area (Å²) in [7, 11) is 0. The van der Waals surface area contributed by atoms with Gasteiger partial charge in [0.15, 0.2) is 0 Å². The number of nitriles is 1. The van der Waals surface area contributed by atoms with Crippen LogP contribution in [0.4, 0.5) is 0 Å². The molecule has 3 nitrogen and oxygen atoms in total. The van der Waals surface area contributed by atoms with Gasteiger partial charge in [-0.1, -0.05) is 17.7 Å². The molecule has 0 radical (unpaired) electrons. The molecule has 0 saturated heterocycles. The Balaban J connectivity index is 2.62. The highest BCUT2D eigenvalue weighted by molar-refractivity contribution is 6.32. The van der Waals surface area contributed by atoms with Gasteiger partial charge in [0, 0.05) is 11.8 Å². The fourth-order valence-electron chi connectivity index (χ4n) is 1.46. The average molecular weight is 218 g/mol. The zero-order valence-electron chi connectivity index (χ0n) is 8.08. The van der Waals surface area contributed by atoms with Gasteiger partial charge in [-0.2, -0.15) is 10.4 Å². The Labute approximate surface area is 92.3 Å². The zero-order valence-corrected chi connectivity index (χ0v) is 8.84. The molecule has 2 aromatic rings. The van der Waals surface area contributed by atoms with Crippen molar-refractivity contribution in [3.05, 3.63) is 40.5 Å². The SMILES string of the molecule is Cc1c(-c2cc[nH]n2)ccc(C#N)c1Cl. The van der Waals surface area contributed by atoms with Crippen LogP contribution in [0.2, 0.25) is 5.02 Å². The third kappa shape index (κ3) is 1.60. The quantitative estimate of drug-likeness (QED) is 0.799. The maximum Gasteiger partial charge on any atom is 0.101 e. The number of hydrogen-bond acceptors (Lipinski definition) is 2. The van der Waals surface area contributed by atoms with E-state index >= 15 is 0 Å². The molecule has 15 heavy (non-hydrogen) atoms. The highest BCUT2D eigenvalue weighted by Gasteiger charge is 2.10. The summed E-state index contributed by atoms with van der Waals surface area (Å²) in [4.78, 5) is 0. The molecule has 0 fully saturated rings. The number of hydrogen-bond donors (Lipinski definition) is 1. The number of rotatable bonds is 1. The molecule has 2 rings (SSSR count). The zero-order chi connectivity index (χ0) is 10.8. The van der Waals surface area contributed by atoms with Gasteiger partial charge in [0.05, 0.1) is 16.3 Å². The van der Waals surface area contributed by atoms with E-state index in [2.05, 4.69) is 10.2 Å². The number of halogens is 1. The smallest absolute Gasteiger partial charge is 0.101 e. The molecule has 0 saturated carbocycles. The van der Waals surface area contributed by atoms with Crippen molar-refractivity contribution in [1.29, 1.82) is 5.26 Å². The standard InChI is InChI=1S/C11H8ClN3/c1-7-9(10-4-5-14-15-10)3-2-8(6-13)11(7)12/h2-5H,1H3,(H,14,15). The Bertz CT molecular complexity index is 524. The van der Waals surface area contributed by atoms with Crippen molar-refractivity contribution in [2.24, 2.45) is 0 Å². The van der Waals surface area contributed by atoms with Crippen LogP contribution in [0.15, 0.2) is 24.4 Å². The summed E-state index contributed by atoms with van der Waals surface area (Å²) < 4.78 is 0. The molecule has 0 amide bonds. The summed E-state index contributed by atoms with van der Waals surface area (Å²) in [6.45, 7) is 1.88. The first kappa shape index (κ1) is 9.75. The number of aromatic nitrogens is 2. The lowest BCUT2D eigenvalue weighted by Crippen LogP contribution is -1.88. The molecule has 0 aliphatic heterocycles. The Morgan fingerprint density at radius 1 is 1.40 bits per heavy atom. The van der Waals surface area contributed by atoms with Gasteiger partial charge in [-0.15, -0.1) is 0 Å². The first-order valence-electron chi connectivity index (χ1n) is 4.43. The van der Waals surface area contributed by atoms with E-state index in [0.29, 0.717) is 10.6 Å². The van der Waals surface area contributed by atoms with Crippen molar-refractivity contribution in [1.82, 2.24) is 10.2 Å². The third-order valence-corrected chi connectivity index (χ3v) is 2.77. The monoisotopic (exact) mass is 217 g/mol. The van der Waals surface area contributed by atoms with Crippen LogP contribution in [0.5, 0.6) is 0 Å². The molecular formula is C11H8ClN3. The van der Waals surface area contributed by atoms with Crippen LogP contribution in [0, 0.1) is 18.3 Å². The van der Waals surface area contributed by atoms with E-state index < -0.39 is 0 Å². The molecule has 0 bridgehead atoms. The summed E-state index contributed by atoms with van der Waals surface area (Å²) in [5, 5.41) is 16.1. The lowest BCUT2D eigenvalue weighted by atomic mass is 10.0. The summed E-state index contributed by atoms with van der Waals surface area (Å²) in [6.07, 6.45) is 1.75. The Kier molecular flexibility index (Phi) is 2.44. The van der Waals surface area contributed by atoms with Crippen LogP contribution >= 0.6 is 11.6 Å². The van der Waals surface area contributed by atoms with E-state index in [1.165, 1.54) is 0 Å². The predicted molar refractivity (Wildman–Crippen MR) is 58.5 cm³/mol. The van der Waals surface area contributed by atoms with Gasteiger partial charge >= 0.3 is 0 Å². The highest BCUT2D eigenvalue weighted by atomic mass is 35.5. The molecule has 1 aromatic carbocycles. The summed E-state index contributed by atoms with van der Waals surface area (Å²) in [5.74, 6) is 0. The lowest BCUT2D eigenvalue weighted by Gasteiger charge is -2.05. The molecule has 1 N–H and O–H groups in total. The molecule has 1 heterocycles. The van der Waals surface area contributed by atoms with E-state index in [1.807, 2.05) is 25.1 Å². The maximum absolute atomic E-state index is 8.81. The van der Waals surface area contributed by atoms with Gasteiger partial charge in [0.2, 0.25) is 0 Å². The summed E-state index contributed by atoms with van der Waals surface area (Å²) in [5.41, 5.74) is 3.15. The molecule has 0 spiro atoms. The molecule has 0 aliphatic carbocycles. The van der Waals surface area contributed by atoms with Crippen molar-refractivity contribution in [3.63, 3.8) is 0 Å². The molecule has 0 unspecified atom stereocenters. The van der Waals surface area contributed by atoms with Crippen molar-refractivity contribution in [2.75, 3.05) is 0 Å². The second kappa shape index (κ2) is 3.76. The number of nitrogens with one attached hydrogen (secondary N) is 1. The van der Waals surface area contributed by atoms with Crippen LogP contribution in [0.25, 0.3) is 11.3 Å². The molecule has 0 atom stereocenters. The van der Waals surface area contributed by atoms with Crippen molar-refractivity contribution in [3.8, 4) is 17.3 Å². The van der Waals surface area contributed by atoms with Gasteiger partial charge < -0.3 is 0 Å². The Morgan fingerprint density at radius 2 is 2.20 bits per heavy atom. The van der Waals surface area contributed by atoms with Gasteiger partial charge in [-0.3, -0.25) is 5.10 Å². The van der Waals surface area contributed by atoms with Gasteiger partial charge in [-0.25, -0.2) is 0 Å². The minimum Gasteiger partial charge on any atom is -0.285 e. The minimum atomic E-state index is 0.494. The summed E-state index contributed by atoms with van der Waals surface area (Å²) >= 11 is 6.05. The number of H-pyrrole nitrogens is 1. The van der Waals surface area contributed by atoms with Gasteiger partial charge in [0.1, 0.15) is 6.07 Å². The molecule has 0 aliphatic rings. The predicted octanol–water partition coefficient (Wildman–Crippen LogP) is 2.91. The van der Waals surface area contributed by atoms with Gasteiger partial charge in [-0.05, 0) is 24.6 Å². The van der Waals surface area contributed by atoms with Crippen molar-refractivity contribution < 1.29 is 0 Å². The topological polar surface area (TPSA) is 52.5 Å². The molecule has 74 valence electrons. The van der Waals surface area contributed by atoms with Crippen molar-refractivity contribution >= 4 is 11.6 Å². The minimum absolute atomic E-state index is 0.494. The highest BCUT2D eigenvalue weighted by Crippen LogP contribution is 2.29. The van der Waals surface area contributed by atoms with Crippen LogP contribution in [-0.4, -0.2) is 10.2 Å². The van der Waals surface area contributed by atoms with E-state index in [0.717, 1.165) is 16.8 Å². The largest absolute Gasteiger partial charge is 0.285 e. The van der Waals surface area contributed by atoms with Crippen molar-refractivity contribution in [2.45, 2.75) is 6.92 Å². The first-order valence-corrected chi connectivity index (χ1v) is 4.81. The molecular weight excluding hydrogens is 210 g/mol. The maximum atomic E-state index is 8.81.